The van der Waals surface area contributed by atoms with Gasteiger partial charge < -0.3 is 9.80 Å². The molecule has 3 rings (SSSR count). The number of hydrogen-bond acceptors (Lipinski definition) is 3. The van der Waals surface area contributed by atoms with E-state index in [0.29, 0.717) is 26.2 Å². The van der Waals surface area contributed by atoms with Crippen molar-refractivity contribution in [2.75, 3.05) is 26.2 Å². The van der Waals surface area contributed by atoms with Crippen molar-refractivity contribution in [2.45, 2.75) is 19.3 Å². The van der Waals surface area contributed by atoms with E-state index in [9.17, 15) is 9.59 Å². The first kappa shape index (κ1) is 16.7. The maximum absolute atomic E-state index is 12.9. The molecule has 0 unspecified atom stereocenters. The summed E-state index contributed by atoms with van der Waals surface area (Å²) in [5, 5.41) is 3.79. The van der Waals surface area contributed by atoms with Crippen molar-refractivity contribution in [3.05, 3.63) is 58.3 Å². The average molecular weight is 342 g/mol. The molecule has 1 aliphatic heterocycles. The summed E-state index contributed by atoms with van der Waals surface area (Å²) in [5.41, 5.74) is 1.21. The van der Waals surface area contributed by atoms with Gasteiger partial charge in [-0.3, -0.25) is 9.59 Å². The summed E-state index contributed by atoms with van der Waals surface area (Å²) in [6.45, 7) is 6.29. The van der Waals surface area contributed by atoms with Crippen molar-refractivity contribution < 1.29 is 9.59 Å². The van der Waals surface area contributed by atoms with Crippen LogP contribution < -0.4 is 0 Å². The van der Waals surface area contributed by atoms with Crippen LogP contribution in [0.4, 0.5) is 0 Å². The standard InChI is InChI=1S/C19H22N2O2S/c1-19(2,16-6-4-3-5-7-16)18(23)21-11-9-20(10-12-21)17(22)15-8-13-24-14-15/h3-8,13-14H,9-12H2,1-2H3. The molecule has 4 nitrogen and oxygen atoms in total. The topological polar surface area (TPSA) is 40.6 Å². The molecular weight excluding hydrogens is 320 g/mol. The molecule has 0 aliphatic carbocycles. The highest BCUT2D eigenvalue weighted by atomic mass is 32.1. The Balaban J connectivity index is 1.64. The van der Waals surface area contributed by atoms with Crippen LogP contribution in [0.15, 0.2) is 47.2 Å². The number of benzene rings is 1. The summed E-state index contributed by atoms with van der Waals surface area (Å²) in [7, 11) is 0. The second kappa shape index (κ2) is 6.77. The van der Waals surface area contributed by atoms with Gasteiger partial charge in [-0.1, -0.05) is 30.3 Å². The summed E-state index contributed by atoms with van der Waals surface area (Å²) >= 11 is 1.53. The van der Waals surface area contributed by atoms with Crippen molar-refractivity contribution in [3.8, 4) is 0 Å². The molecule has 0 saturated carbocycles. The quantitative estimate of drug-likeness (QED) is 0.860. The molecule has 2 amide bonds. The molecule has 1 aliphatic rings. The Labute approximate surface area is 146 Å². The van der Waals surface area contributed by atoms with Crippen LogP contribution in [-0.2, 0) is 10.2 Å². The first-order valence-corrected chi connectivity index (χ1v) is 9.11. The van der Waals surface area contributed by atoms with Crippen LogP contribution in [0.1, 0.15) is 29.8 Å². The Bertz CT molecular complexity index is 702. The second-order valence-corrected chi connectivity index (χ2v) is 7.37. The Hall–Kier alpha value is -2.14. The molecule has 0 bridgehead atoms. The lowest BCUT2D eigenvalue weighted by Gasteiger charge is -2.38. The predicted molar refractivity (Wildman–Crippen MR) is 96.3 cm³/mol. The maximum atomic E-state index is 12.9. The summed E-state index contributed by atoms with van der Waals surface area (Å²) in [6.07, 6.45) is 0. The van der Waals surface area contributed by atoms with Crippen LogP contribution >= 0.6 is 11.3 Å². The molecule has 0 radical (unpaired) electrons. The molecular formula is C19H22N2O2S. The molecule has 0 N–H and O–H groups in total. The van der Waals surface area contributed by atoms with Gasteiger partial charge in [0.15, 0.2) is 0 Å². The van der Waals surface area contributed by atoms with E-state index >= 15 is 0 Å². The minimum atomic E-state index is -0.555. The van der Waals surface area contributed by atoms with E-state index in [2.05, 4.69) is 0 Å². The normalized spacial score (nSPS) is 15.4. The van der Waals surface area contributed by atoms with Crippen LogP contribution in [0, 0.1) is 0 Å². The SMILES string of the molecule is CC(C)(C(=O)N1CCN(C(=O)c2ccsc2)CC1)c1ccccc1. The highest BCUT2D eigenvalue weighted by Crippen LogP contribution is 2.26. The van der Waals surface area contributed by atoms with Gasteiger partial charge in [0.1, 0.15) is 0 Å². The summed E-state index contributed by atoms with van der Waals surface area (Å²) in [4.78, 5) is 29.0. The van der Waals surface area contributed by atoms with Gasteiger partial charge in [0, 0.05) is 31.6 Å². The van der Waals surface area contributed by atoms with Crippen LogP contribution in [0.5, 0.6) is 0 Å². The molecule has 1 aromatic heterocycles. The third kappa shape index (κ3) is 3.22. The number of hydrogen-bond donors (Lipinski definition) is 0. The molecule has 24 heavy (non-hydrogen) atoms. The molecule has 0 atom stereocenters. The number of carbonyl (C=O) groups excluding carboxylic acids is 2. The number of rotatable bonds is 3. The molecule has 2 heterocycles. The van der Waals surface area contributed by atoms with Crippen molar-refractivity contribution in [1.29, 1.82) is 0 Å². The fourth-order valence-corrected chi connectivity index (χ4v) is 3.68. The third-order valence-electron chi connectivity index (χ3n) is 4.65. The molecule has 1 saturated heterocycles. The lowest BCUT2D eigenvalue weighted by Crippen LogP contribution is -2.54. The maximum Gasteiger partial charge on any atom is 0.254 e. The van der Waals surface area contributed by atoms with Gasteiger partial charge in [-0.2, -0.15) is 11.3 Å². The van der Waals surface area contributed by atoms with Crippen molar-refractivity contribution >= 4 is 23.2 Å². The number of piperazine rings is 1. The molecule has 126 valence electrons. The van der Waals surface area contributed by atoms with Gasteiger partial charge in [0.2, 0.25) is 5.91 Å². The third-order valence-corrected chi connectivity index (χ3v) is 5.34. The van der Waals surface area contributed by atoms with Gasteiger partial charge in [0.05, 0.1) is 11.0 Å². The fraction of sp³-hybridized carbons (Fsp3) is 0.368. The smallest absolute Gasteiger partial charge is 0.254 e. The number of thiophene rings is 1. The van der Waals surface area contributed by atoms with E-state index in [1.165, 1.54) is 11.3 Å². The van der Waals surface area contributed by atoms with Crippen molar-refractivity contribution in [1.82, 2.24) is 9.80 Å². The first-order chi connectivity index (χ1) is 11.5. The first-order valence-electron chi connectivity index (χ1n) is 8.16. The Morgan fingerprint density at radius 1 is 0.958 bits per heavy atom. The number of amides is 2. The van der Waals surface area contributed by atoms with Crippen LogP contribution in [0.3, 0.4) is 0 Å². The van der Waals surface area contributed by atoms with E-state index in [0.717, 1.165) is 11.1 Å². The van der Waals surface area contributed by atoms with Crippen LogP contribution in [0.2, 0.25) is 0 Å². The van der Waals surface area contributed by atoms with Crippen molar-refractivity contribution in [2.24, 2.45) is 0 Å². The van der Waals surface area contributed by atoms with E-state index < -0.39 is 5.41 Å². The molecule has 0 spiro atoms. The van der Waals surface area contributed by atoms with E-state index in [4.69, 9.17) is 0 Å². The molecule has 5 heteroatoms. The second-order valence-electron chi connectivity index (χ2n) is 6.59. The fourth-order valence-electron chi connectivity index (χ4n) is 3.05. The molecule has 2 aromatic rings. The number of nitrogens with zero attached hydrogens (tertiary/aromatic N) is 2. The predicted octanol–water partition coefficient (Wildman–Crippen LogP) is 3.01. The lowest BCUT2D eigenvalue weighted by molar-refractivity contribution is -0.137. The Morgan fingerprint density at radius 2 is 1.58 bits per heavy atom. The van der Waals surface area contributed by atoms with Crippen molar-refractivity contribution in [3.63, 3.8) is 0 Å². The van der Waals surface area contributed by atoms with E-state index in [-0.39, 0.29) is 11.8 Å². The van der Waals surface area contributed by atoms with E-state index in [1.807, 2.05) is 70.8 Å². The lowest BCUT2D eigenvalue weighted by atomic mass is 9.83. The Morgan fingerprint density at radius 3 is 2.17 bits per heavy atom. The van der Waals surface area contributed by atoms with Gasteiger partial charge in [-0.05, 0) is 30.9 Å². The Kier molecular flexibility index (Phi) is 4.71. The number of carbonyl (C=O) groups is 2. The zero-order chi connectivity index (χ0) is 17.2. The minimum absolute atomic E-state index is 0.0608. The van der Waals surface area contributed by atoms with Crippen LogP contribution in [-0.4, -0.2) is 47.8 Å². The van der Waals surface area contributed by atoms with Gasteiger partial charge in [-0.15, -0.1) is 0 Å². The monoisotopic (exact) mass is 342 g/mol. The summed E-state index contributed by atoms with van der Waals surface area (Å²) in [6, 6.07) is 11.7. The minimum Gasteiger partial charge on any atom is -0.338 e. The van der Waals surface area contributed by atoms with E-state index in [1.54, 1.807) is 0 Å². The average Bonchev–Trinajstić information content (AvgIpc) is 3.16. The zero-order valence-electron chi connectivity index (χ0n) is 14.1. The largest absolute Gasteiger partial charge is 0.338 e. The summed E-state index contributed by atoms with van der Waals surface area (Å²) in [5.74, 6) is 0.182. The van der Waals surface area contributed by atoms with Crippen LogP contribution in [0.25, 0.3) is 0 Å². The zero-order valence-corrected chi connectivity index (χ0v) is 14.9. The summed E-state index contributed by atoms with van der Waals surface area (Å²) < 4.78 is 0. The highest BCUT2D eigenvalue weighted by molar-refractivity contribution is 7.08. The van der Waals surface area contributed by atoms with Gasteiger partial charge in [0.25, 0.3) is 5.91 Å². The van der Waals surface area contributed by atoms with Gasteiger partial charge in [-0.25, -0.2) is 0 Å². The van der Waals surface area contributed by atoms with Gasteiger partial charge >= 0.3 is 0 Å². The highest BCUT2D eigenvalue weighted by Gasteiger charge is 2.35. The molecule has 1 aromatic carbocycles. The molecule has 1 fully saturated rings.